The lowest BCUT2D eigenvalue weighted by Crippen LogP contribution is -2.19. The van der Waals surface area contributed by atoms with Gasteiger partial charge in [-0.3, -0.25) is 4.79 Å². The summed E-state index contributed by atoms with van der Waals surface area (Å²) >= 11 is 4.42. The third-order valence-corrected chi connectivity index (χ3v) is 5.05. The van der Waals surface area contributed by atoms with E-state index >= 15 is 0 Å². The molecule has 2 aromatic carbocycles. The van der Waals surface area contributed by atoms with Crippen LogP contribution in [0.5, 0.6) is 17.2 Å². The quantitative estimate of drug-likeness (QED) is 0.359. The van der Waals surface area contributed by atoms with Crippen molar-refractivity contribution >= 4 is 18.4 Å². The topological polar surface area (TPSA) is 56.8 Å². The first kappa shape index (κ1) is 20.6. The summed E-state index contributed by atoms with van der Waals surface area (Å²) in [4.78, 5) is 13.1. The van der Waals surface area contributed by atoms with E-state index in [2.05, 4.69) is 24.0 Å². The molecule has 3 rings (SSSR count). The largest absolute Gasteiger partial charge is 0.496 e. The fourth-order valence-corrected chi connectivity index (χ4v) is 3.55. The van der Waals surface area contributed by atoms with Crippen LogP contribution in [0.1, 0.15) is 35.2 Å². The molecule has 0 aliphatic carbocycles. The lowest BCUT2D eigenvalue weighted by molar-refractivity contribution is 0.0977. The minimum absolute atomic E-state index is 0.112. The Kier molecular flexibility index (Phi) is 7.62. The molecule has 0 saturated carbocycles. The molecule has 1 heterocycles. The van der Waals surface area contributed by atoms with Gasteiger partial charge in [0.1, 0.15) is 19.0 Å². The highest BCUT2D eigenvalue weighted by Gasteiger charge is 2.18. The first-order valence-electron chi connectivity index (χ1n) is 9.67. The van der Waals surface area contributed by atoms with Crippen molar-refractivity contribution < 1.29 is 19.0 Å². The lowest BCUT2D eigenvalue weighted by Gasteiger charge is -2.20. The van der Waals surface area contributed by atoms with Crippen LogP contribution in [-0.4, -0.2) is 39.2 Å². The summed E-state index contributed by atoms with van der Waals surface area (Å²) in [5.74, 6) is 2.28. The molecule has 0 fully saturated rings. The van der Waals surface area contributed by atoms with Crippen LogP contribution >= 0.6 is 12.6 Å². The van der Waals surface area contributed by atoms with Gasteiger partial charge in [-0.25, -0.2) is 0 Å². The predicted octanol–water partition coefficient (Wildman–Crippen LogP) is 3.94. The normalized spacial score (nSPS) is 12.6. The Labute approximate surface area is 171 Å². The average molecular weight is 402 g/mol. The number of unbranched alkanes of at least 4 members (excludes halogenated alkanes) is 1. The zero-order chi connectivity index (χ0) is 19.8. The van der Waals surface area contributed by atoms with Gasteiger partial charge in [0.15, 0.2) is 17.3 Å². The summed E-state index contributed by atoms with van der Waals surface area (Å²) in [6.45, 7) is 2.79. The average Bonchev–Trinajstić information content (AvgIpc) is 2.73. The van der Waals surface area contributed by atoms with Crippen molar-refractivity contribution in [1.29, 1.82) is 0 Å². The fraction of sp³-hybridized carbons (Fsp3) is 0.409. The number of nitrogens with one attached hydrogen (secondary N) is 1. The highest BCUT2D eigenvalue weighted by atomic mass is 32.1. The van der Waals surface area contributed by atoms with Gasteiger partial charge in [0.25, 0.3) is 0 Å². The second-order valence-corrected chi connectivity index (χ2v) is 7.19. The zero-order valence-electron chi connectivity index (χ0n) is 16.2. The van der Waals surface area contributed by atoms with Gasteiger partial charge in [0.05, 0.1) is 12.0 Å². The summed E-state index contributed by atoms with van der Waals surface area (Å²) in [6.07, 6.45) is 3.23. The molecule has 0 bridgehead atoms. The molecule has 150 valence electrons. The van der Waals surface area contributed by atoms with Gasteiger partial charge in [-0.05, 0) is 56.1 Å². The molecule has 0 unspecified atom stereocenters. The maximum Gasteiger partial charge on any atom is 0.174 e. The van der Waals surface area contributed by atoms with E-state index in [0.29, 0.717) is 41.6 Å². The van der Waals surface area contributed by atoms with E-state index in [1.54, 1.807) is 19.2 Å². The van der Waals surface area contributed by atoms with Gasteiger partial charge in [-0.2, -0.15) is 0 Å². The third kappa shape index (κ3) is 5.42. The Hall–Kier alpha value is -2.18. The molecule has 1 N–H and O–H groups in total. The number of ketones is 1. The van der Waals surface area contributed by atoms with Crippen LogP contribution in [0.2, 0.25) is 0 Å². The number of benzene rings is 2. The number of fused-ring (bicyclic) bond motifs is 1. The highest BCUT2D eigenvalue weighted by molar-refractivity contribution is 7.80. The third-order valence-electron chi connectivity index (χ3n) is 4.72. The van der Waals surface area contributed by atoms with Crippen LogP contribution < -0.4 is 19.5 Å². The number of hydrogen-bond donors (Lipinski definition) is 2. The van der Waals surface area contributed by atoms with Crippen molar-refractivity contribution in [3.8, 4) is 17.2 Å². The first-order chi connectivity index (χ1) is 13.7. The number of carbonyl (C=O) groups excluding carboxylic acids is 1. The van der Waals surface area contributed by atoms with Crippen LogP contribution in [0.15, 0.2) is 41.3 Å². The number of para-hydroxylation sites is 1. The smallest absolute Gasteiger partial charge is 0.174 e. The second-order valence-electron chi connectivity index (χ2n) is 6.71. The molecule has 0 radical (unpaired) electrons. The van der Waals surface area contributed by atoms with E-state index in [9.17, 15) is 4.79 Å². The van der Waals surface area contributed by atoms with Gasteiger partial charge in [0.2, 0.25) is 0 Å². The van der Waals surface area contributed by atoms with Crippen molar-refractivity contribution in [3.05, 3.63) is 47.5 Å². The van der Waals surface area contributed by atoms with Gasteiger partial charge < -0.3 is 19.5 Å². The summed E-state index contributed by atoms with van der Waals surface area (Å²) in [5, 5.41) is 3.43. The molecule has 0 aromatic heterocycles. The molecule has 0 saturated heterocycles. The fourth-order valence-electron chi connectivity index (χ4n) is 3.23. The molecular weight excluding hydrogens is 374 g/mol. The maximum atomic E-state index is 12.5. The minimum atomic E-state index is 0.112. The number of thiol groups is 1. The molecule has 5 nitrogen and oxygen atoms in total. The van der Waals surface area contributed by atoms with Crippen molar-refractivity contribution in [2.24, 2.45) is 0 Å². The molecule has 0 amide bonds. The predicted molar refractivity (Wildman–Crippen MR) is 112 cm³/mol. The van der Waals surface area contributed by atoms with Gasteiger partial charge in [-0.15, -0.1) is 12.6 Å². The lowest BCUT2D eigenvalue weighted by atomic mass is 10.0. The van der Waals surface area contributed by atoms with E-state index in [4.69, 9.17) is 14.2 Å². The van der Waals surface area contributed by atoms with E-state index in [-0.39, 0.29) is 5.78 Å². The number of carbonyl (C=O) groups is 1. The molecule has 1 aliphatic rings. The molecule has 2 aromatic rings. The van der Waals surface area contributed by atoms with Crippen molar-refractivity contribution in [3.63, 3.8) is 0 Å². The van der Waals surface area contributed by atoms with Gasteiger partial charge >= 0.3 is 0 Å². The van der Waals surface area contributed by atoms with E-state index in [1.165, 1.54) is 5.56 Å². The van der Waals surface area contributed by atoms with Crippen LogP contribution in [-0.2, 0) is 6.42 Å². The number of methoxy groups -OCH3 is 1. The first-order valence-corrected chi connectivity index (χ1v) is 10.1. The summed E-state index contributed by atoms with van der Waals surface area (Å²) < 4.78 is 16.5. The summed E-state index contributed by atoms with van der Waals surface area (Å²) in [7, 11) is 1.70. The molecule has 1 aliphatic heterocycles. The SMILES string of the molecule is COc1ccccc1CCNCCCCC(=O)c1cc(S)c2c(c1)OCCO2. The summed E-state index contributed by atoms with van der Waals surface area (Å²) in [6, 6.07) is 11.6. The van der Waals surface area contributed by atoms with Crippen molar-refractivity contribution in [2.45, 2.75) is 30.6 Å². The van der Waals surface area contributed by atoms with E-state index < -0.39 is 0 Å². The van der Waals surface area contributed by atoms with Crippen LogP contribution in [0, 0.1) is 0 Å². The molecular formula is C22H27NO4S. The second kappa shape index (κ2) is 10.4. The number of Topliss-reactive ketones (excluding diaryl/α,β-unsaturated/α-hetero) is 1. The van der Waals surface area contributed by atoms with Crippen LogP contribution in [0.3, 0.4) is 0 Å². The Morgan fingerprint density at radius 3 is 2.82 bits per heavy atom. The Morgan fingerprint density at radius 2 is 1.96 bits per heavy atom. The van der Waals surface area contributed by atoms with Crippen molar-refractivity contribution in [1.82, 2.24) is 5.32 Å². The molecule has 0 spiro atoms. The van der Waals surface area contributed by atoms with Crippen LogP contribution in [0.4, 0.5) is 0 Å². The maximum absolute atomic E-state index is 12.5. The Bertz CT molecular complexity index is 809. The van der Waals surface area contributed by atoms with Gasteiger partial charge in [-0.1, -0.05) is 18.2 Å². The number of ether oxygens (including phenoxy) is 3. The van der Waals surface area contributed by atoms with E-state index in [1.807, 2.05) is 18.2 Å². The van der Waals surface area contributed by atoms with E-state index in [0.717, 1.165) is 38.1 Å². The summed E-state index contributed by atoms with van der Waals surface area (Å²) in [5.41, 5.74) is 1.84. The van der Waals surface area contributed by atoms with Gasteiger partial charge in [0, 0.05) is 12.0 Å². The Morgan fingerprint density at radius 1 is 1.14 bits per heavy atom. The molecule has 28 heavy (non-hydrogen) atoms. The van der Waals surface area contributed by atoms with Crippen LogP contribution in [0.25, 0.3) is 0 Å². The Balaban J connectivity index is 1.36. The molecule has 0 atom stereocenters. The number of rotatable bonds is 10. The number of hydrogen-bond acceptors (Lipinski definition) is 6. The van der Waals surface area contributed by atoms with Crippen molar-refractivity contribution in [2.75, 3.05) is 33.4 Å². The molecule has 6 heteroatoms. The standard InChI is InChI=1S/C22H27NO4S/c1-25-19-8-3-2-6-16(19)9-11-23-10-5-4-7-18(24)17-14-20-22(21(28)15-17)27-13-12-26-20/h2-3,6,8,14-15,23,28H,4-5,7,9-13H2,1H3. The highest BCUT2D eigenvalue weighted by Crippen LogP contribution is 2.37. The monoisotopic (exact) mass is 401 g/mol. The minimum Gasteiger partial charge on any atom is -0.496 e. The zero-order valence-corrected chi connectivity index (χ0v) is 17.1.